The number of aryl methyl sites for hydroxylation is 1. The summed E-state index contributed by atoms with van der Waals surface area (Å²) < 4.78 is 2.01. The van der Waals surface area contributed by atoms with Gasteiger partial charge in [-0.15, -0.1) is 0 Å². The number of nitrogen functional groups attached to an aromatic ring is 4. The van der Waals surface area contributed by atoms with Crippen molar-refractivity contribution in [3.8, 4) is 0 Å². The minimum Gasteiger partial charge on any atom is -0.396 e. The fourth-order valence-corrected chi connectivity index (χ4v) is 2.44. The summed E-state index contributed by atoms with van der Waals surface area (Å²) >= 11 is 1.01. The third kappa shape index (κ3) is 1.06. The van der Waals surface area contributed by atoms with E-state index in [9.17, 15) is 4.79 Å². The maximum Gasteiger partial charge on any atom is 0.308 e. The summed E-state index contributed by atoms with van der Waals surface area (Å²) in [5, 5.41) is 0. The zero-order valence-electron chi connectivity index (χ0n) is 8.07. The van der Waals surface area contributed by atoms with Gasteiger partial charge in [0.2, 0.25) is 0 Å². The number of hydrogen-bond acceptors (Lipinski definition) is 6. The summed E-state index contributed by atoms with van der Waals surface area (Å²) in [6.07, 6.45) is 0. The number of rotatable bonds is 0. The number of fused-ring (bicyclic) bond motifs is 1. The van der Waals surface area contributed by atoms with Gasteiger partial charge in [-0.3, -0.25) is 9.36 Å². The molecule has 1 heterocycles. The molecular formula is C8H11N5OS. The molecule has 0 aliphatic heterocycles. The number of nitrogens with two attached hydrogens (primary N) is 4. The third-order valence-corrected chi connectivity index (χ3v) is 3.45. The van der Waals surface area contributed by atoms with E-state index in [0.717, 1.165) is 11.3 Å². The summed E-state index contributed by atoms with van der Waals surface area (Å²) in [5.41, 5.74) is 24.6. The average Bonchev–Trinajstić information content (AvgIpc) is 2.50. The topological polar surface area (TPSA) is 126 Å². The molecule has 0 saturated heterocycles. The molecule has 0 atom stereocenters. The van der Waals surface area contributed by atoms with Gasteiger partial charge in [0.15, 0.2) is 0 Å². The van der Waals surface area contributed by atoms with E-state index in [1.165, 1.54) is 4.57 Å². The highest BCUT2D eigenvalue weighted by Crippen LogP contribution is 2.39. The number of nitrogens with zero attached hydrogens (tertiary/aromatic N) is 1. The highest BCUT2D eigenvalue weighted by Gasteiger charge is 2.16. The maximum atomic E-state index is 11.5. The van der Waals surface area contributed by atoms with Crippen LogP contribution in [0.25, 0.3) is 10.2 Å². The smallest absolute Gasteiger partial charge is 0.308 e. The molecule has 0 unspecified atom stereocenters. The molecule has 6 nitrogen and oxygen atoms in total. The van der Waals surface area contributed by atoms with Gasteiger partial charge in [0.25, 0.3) is 0 Å². The lowest BCUT2D eigenvalue weighted by Gasteiger charge is -2.09. The first kappa shape index (κ1) is 9.66. The van der Waals surface area contributed by atoms with Crippen molar-refractivity contribution in [3.05, 3.63) is 9.67 Å². The van der Waals surface area contributed by atoms with Gasteiger partial charge < -0.3 is 22.9 Å². The molecular weight excluding hydrogens is 214 g/mol. The van der Waals surface area contributed by atoms with Gasteiger partial charge in [-0.05, 0) is 0 Å². The number of anilines is 4. The highest BCUT2D eigenvalue weighted by atomic mass is 32.1. The summed E-state index contributed by atoms with van der Waals surface area (Å²) in [6, 6.07) is 0. The molecule has 0 bridgehead atoms. The van der Waals surface area contributed by atoms with Gasteiger partial charge in [-0.2, -0.15) is 0 Å². The summed E-state index contributed by atoms with van der Waals surface area (Å²) in [7, 11) is 1.62. The molecule has 0 aliphatic carbocycles. The van der Waals surface area contributed by atoms with Crippen LogP contribution in [0.3, 0.4) is 0 Å². The molecule has 7 heteroatoms. The second-order valence-electron chi connectivity index (χ2n) is 3.26. The van der Waals surface area contributed by atoms with Crippen LogP contribution in [-0.2, 0) is 7.05 Å². The lowest BCUT2D eigenvalue weighted by Crippen LogP contribution is -2.10. The van der Waals surface area contributed by atoms with Crippen LogP contribution in [0.4, 0.5) is 22.7 Å². The molecule has 0 spiro atoms. The van der Waals surface area contributed by atoms with Crippen molar-refractivity contribution < 1.29 is 0 Å². The van der Waals surface area contributed by atoms with Crippen molar-refractivity contribution in [1.82, 2.24) is 4.57 Å². The number of aromatic nitrogens is 1. The summed E-state index contributed by atoms with van der Waals surface area (Å²) in [5.74, 6) is 0. The van der Waals surface area contributed by atoms with Crippen molar-refractivity contribution in [2.75, 3.05) is 22.9 Å². The normalized spacial score (nSPS) is 11.0. The van der Waals surface area contributed by atoms with E-state index >= 15 is 0 Å². The van der Waals surface area contributed by atoms with Crippen LogP contribution in [-0.4, -0.2) is 4.57 Å². The Kier molecular flexibility index (Phi) is 1.80. The van der Waals surface area contributed by atoms with Crippen molar-refractivity contribution >= 4 is 44.3 Å². The SMILES string of the molecule is Cn1c(=O)sc2c(N)c(N)c(N)c(N)c21. The Labute approximate surface area is 89.1 Å². The molecule has 15 heavy (non-hydrogen) atoms. The van der Waals surface area contributed by atoms with E-state index in [1.807, 2.05) is 0 Å². The maximum absolute atomic E-state index is 11.5. The van der Waals surface area contributed by atoms with Crippen molar-refractivity contribution in [2.45, 2.75) is 0 Å². The minimum atomic E-state index is -0.145. The van der Waals surface area contributed by atoms with Gasteiger partial charge in [0, 0.05) is 7.05 Å². The average molecular weight is 225 g/mol. The molecule has 0 saturated carbocycles. The Balaban J connectivity index is 3.14. The Hall–Kier alpha value is -1.89. The van der Waals surface area contributed by atoms with E-state index in [-0.39, 0.29) is 16.2 Å². The highest BCUT2D eigenvalue weighted by molar-refractivity contribution is 7.17. The Morgan fingerprint density at radius 3 is 2.13 bits per heavy atom. The quantitative estimate of drug-likeness (QED) is 0.467. The first-order valence-corrected chi connectivity index (χ1v) is 4.98. The Morgan fingerprint density at radius 1 is 1.00 bits per heavy atom. The second-order valence-corrected chi connectivity index (χ2v) is 4.22. The molecule has 0 radical (unpaired) electrons. The molecule has 0 fully saturated rings. The van der Waals surface area contributed by atoms with Crippen LogP contribution in [0.5, 0.6) is 0 Å². The Bertz CT molecular complexity index is 612. The number of hydrogen-bond donors (Lipinski definition) is 4. The predicted molar refractivity (Wildman–Crippen MR) is 64.7 cm³/mol. The van der Waals surface area contributed by atoms with Gasteiger partial charge in [0.05, 0.1) is 33.0 Å². The fraction of sp³-hybridized carbons (Fsp3) is 0.125. The lowest BCUT2D eigenvalue weighted by molar-refractivity contribution is 0.940. The molecule has 80 valence electrons. The number of thiazole rings is 1. The van der Waals surface area contributed by atoms with Crippen LogP contribution in [0.1, 0.15) is 0 Å². The Morgan fingerprint density at radius 2 is 1.53 bits per heavy atom. The third-order valence-electron chi connectivity index (χ3n) is 2.38. The van der Waals surface area contributed by atoms with E-state index in [4.69, 9.17) is 22.9 Å². The largest absolute Gasteiger partial charge is 0.396 e. The van der Waals surface area contributed by atoms with Gasteiger partial charge in [0.1, 0.15) is 0 Å². The van der Waals surface area contributed by atoms with Crippen LogP contribution in [0.15, 0.2) is 4.79 Å². The summed E-state index contributed by atoms with van der Waals surface area (Å²) in [6.45, 7) is 0. The monoisotopic (exact) mass is 225 g/mol. The summed E-state index contributed by atoms with van der Waals surface area (Å²) in [4.78, 5) is 11.3. The zero-order chi connectivity index (χ0) is 11.3. The molecule has 2 rings (SSSR count). The molecule has 0 aliphatic rings. The van der Waals surface area contributed by atoms with Gasteiger partial charge >= 0.3 is 4.87 Å². The van der Waals surface area contributed by atoms with E-state index < -0.39 is 0 Å². The molecule has 1 aromatic heterocycles. The second kappa shape index (κ2) is 2.80. The molecule has 0 amide bonds. The fourth-order valence-electron chi connectivity index (χ4n) is 1.47. The van der Waals surface area contributed by atoms with Gasteiger partial charge in [-0.25, -0.2) is 0 Å². The number of benzene rings is 1. The van der Waals surface area contributed by atoms with E-state index in [1.54, 1.807) is 7.05 Å². The van der Waals surface area contributed by atoms with Crippen molar-refractivity contribution in [3.63, 3.8) is 0 Å². The van der Waals surface area contributed by atoms with Crippen LogP contribution >= 0.6 is 11.3 Å². The van der Waals surface area contributed by atoms with E-state index in [0.29, 0.717) is 21.6 Å². The van der Waals surface area contributed by atoms with Crippen molar-refractivity contribution in [1.29, 1.82) is 0 Å². The van der Waals surface area contributed by atoms with Gasteiger partial charge in [-0.1, -0.05) is 11.3 Å². The minimum absolute atomic E-state index is 0.145. The van der Waals surface area contributed by atoms with Crippen LogP contribution < -0.4 is 27.8 Å². The van der Waals surface area contributed by atoms with Crippen LogP contribution in [0, 0.1) is 0 Å². The first-order chi connectivity index (χ1) is 6.95. The van der Waals surface area contributed by atoms with E-state index in [2.05, 4.69) is 0 Å². The molecule has 2 aromatic rings. The zero-order valence-corrected chi connectivity index (χ0v) is 8.89. The predicted octanol–water partition coefficient (Wildman–Crippen LogP) is -0.0712. The van der Waals surface area contributed by atoms with Crippen LogP contribution in [0.2, 0.25) is 0 Å². The standard InChI is InChI=1S/C8H11N5OS/c1-13-6-4(11)2(9)3(10)5(12)7(6)15-8(13)14/h9-12H2,1H3. The lowest BCUT2D eigenvalue weighted by atomic mass is 10.2. The first-order valence-electron chi connectivity index (χ1n) is 4.16. The van der Waals surface area contributed by atoms with Crippen molar-refractivity contribution in [2.24, 2.45) is 7.05 Å². The molecule has 8 N–H and O–H groups in total. The molecule has 1 aromatic carbocycles.